The molecule has 1 heterocycles. The number of hydrogen-bond donors (Lipinski definition) is 2. The Kier molecular flexibility index (Phi) is 4.74. The van der Waals surface area contributed by atoms with Gasteiger partial charge in [0.15, 0.2) is 0 Å². The van der Waals surface area contributed by atoms with E-state index in [4.69, 9.17) is 5.11 Å². The smallest absolute Gasteiger partial charge is 0.317 e. The largest absolute Gasteiger partial charge is 0.481 e. The highest BCUT2D eigenvalue weighted by Gasteiger charge is 2.34. The predicted molar refractivity (Wildman–Crippen MR) is 84.5 cm³/mol. The fourth-order valence-electron chi connectivity index (χ4n) is 2.81. The van der Waals surface area contributed by atoms with Gasteiger partial charge in [-0.25, -0.2) is 4.79 Å². The number of urea groups is 1. The van der Waals surface area contributed by atoms with Crippen molar-refractivity contribution in [1.29, 1.82) is 0 Å². The standard InChI is InChI=1S/C17H24N2O3/c1-17(2,3)14(12-7-5-4-6-8-12)18-16(22)19-10-9-13(11-19)15(20)21/h4-8,13-14H,9-11H2,1-3H3,(H,18,22)(H,20,21). The lowest BCUT2D eigenvalue weighted by molar-refractivity contribution is -0.141. The molecule has 120 valence electrons. The predicted octanol–water partition coefficient (Wildman–Crippen LogP) is 2.89. The molecule has 1 aliphatic rings. The Labute approximate surface area is 131 Å². The molecule has 0 radical (unpaired) electrons. The molecule has 0 aromatic heterocycles. The van der Waals surface area contributed by atoms with E-state index in [9.17, 15) is 9.59 Å². The van der Waals surface area contributed by atoms with Gasteiger partial charge in [0.2, 0.25) is 0 Å². The molecule has 2 atom stereocenters. The number of likely N-dealkylation sites (tertiary alicyclic amines) is 1. The highest BCUT2D eigenvalue weighted by atomic mass is 16.4. The molecule has 2 unspecified atom stereocenters. The number of carbonyl (C=O) groups is 2. The van der Waals surface area contributed by atoms with Crippen LogP contribution >= 0.6 is 0 Å². The summed E-state index contributed by atoms with van der Waals surface area (Å²) < 4.78 is 0. The molecule has 5 nitrogen and oxygen atoms in total. The number of carboxylic acids is 1. The number of amides is 2. The summed E-state index contributed by atoms with van der Waals surface area (Å²) in [6.45, 7) is 7.01. The zero-order chi connectivity index (χ0) is 16.3. The van der Waals surface area contributed by atoms with E-state index in [2.05, 4.69) is 26.1 Å². The first kappa shape index (κ1) is 16.3. The molecule has 2 N–H and O–H groups in total. The summed E-state index contributed by atoms with van der Waals surface area (Å²) in [5.41, 5.74) is 0.917. The molecular formula is C17H24N2O3. The number of benzene rings is 1. The van der Waals surface area contributed by atoms with Crippen LogP contribution in [0.15, 0.2) is 30.3 Å². The maximum Gasteiger partial charge on any atom is 0.317 e. The van der Waals surface area contributed by atoms with Crippen molar-refractivity contribution in [3.63, 3.8) is 0 Å². The Hall–Kier alpha value is -2.04. The van der Waals surface area contributed by atoms with E-state index in [1.165, 1.54) is 0 Å². The molecule has 1 aromatic rings. The topological polar surface area (TPSA) is 69.6 Å². The van der Waals surface area contributed by atoms with Gasteiger partial charge in [0.25, 0.3) is 0 Å². The molecule has 0 spiro atoms. The highest BCUT2D eigenvalue weighted by Crippen LogP contribution is 2.33. The molecule has 2 rings (SSSR count). The van der Waals surface area contributed by atoms with Gasteiger partial charge in [-0.2, -0.15) is 0 Å². The first-order valence-electron chi connectivity index (χ1n) is 7.62. The second kappa shape index (κ2) is 6.38. The summed E-state index contributed by atoms with van der Waals surface area (Å²) in [5, 5.41) is 12.1. The number of carbonyl (C=O) groups excluding carboxylic acids is 1. The van der Waals surface area contributed by atoms with Crippen LogP contribution in [0.5, 0.6) is 0 Å². The summed E-state index contributed by atoms with van der Waals surface area (Å²) in [7, 11) is 0. The van der Waals surface area contributed by atoms with Crippen molar-refractivity contribution in [3.8, 4) is 0 Å². The van der Waals surface area contributed by atoms with Crippen LogP contribution in [0.1, 0.15) is 38.8 Å². The minimum absolute atomic E-state index is 0.120. The molecule has 2 amide bonds. The fraction of sp³-hybridized carbons (Fsp3) is 0.529. The fourth-order valence-corrected chi connectivity index (χ4v) is 2.81. The monoisotopic (exact) mass is 304 g/mol. The van der Waals surface area contributed by atoms with Gasteiger partial charge in [0.1, 0.15) is 0 Å². The first-order chi connectivity index (χ1) is 10.3. The van der Waals surface area contributed by atoms with Crippen molar-refractivity contribution < 1.29 is 14.7 Å². The maximum atomic E-state index is 12.5. The molecule has 0 aliphatic carbocycles. The summed E-state index contributed by atoms with van der Waals surface area (Å²) >= 11 is 0. The van der Waals surface area contributed by atoms with E-state index in [0.717, 1.165) is 5.56 Å². The van der Waals surface area contributed by atoms with E-state index in [0.29, 0.717) is 13.0 Å². The molecule has 22 heavy (non-hydrogen) atoms. The Morgan fingerprint density at radius 2 is 1.91 bits per heavy atom. The van der Waals surface area contributed by atoms with Crippen molar-refractivity contribution >= 4 is 12.0 Å². The van der Waals surface area contributed by atoms with Crippen LogP contribution in [0.4, 0.5) is 4.79 Å². The summed E-state index contributed by atoms with van der Waals surface area (Å²) in [6, 6.07) is 9.55. The minimum Gasteiger partial charge on any atom is -0.481 e. The van der Waals surface area contributed by atoms with Gasteiger partial charge in [0.05, 0.1) is 12.0 Å². The van der Waals surface area contributed by atoms with E-state index in [1.807, 2.05) is 30.3 Å². The van der Waals surface area contributed by atoms with Crippen LogP contribution in [-0.2, 0) is 4.79 Å². The lowest BCUT2D eigenvalue weighted by Crippen LogP contribution is -2.44. The van der Waals surface area contributed by atoms with E-state index < -0.39 is 11.9 Å². The van der Waals surface area contributed by atoms with Crippen molar-refractivity contribution in [2.24, 2.45) is 11.3 Å². The second-order valence-corrected chi connectivity index (χ2v) is 6.93. The van der Waals surface area contributed by atoms with Crippen molar-refractivity contribution in [2.75, 3.05) is 13.1 Å². The Bertz CT molecular complexity index is 537. The molecule has 1 aromatic carbocycles. The summed E-state index contributed by atoms with van der Waals surface area (Å²) in [5.74, 6) is -1.28. The molecule has 1 fully saturated rings. The van der Waals surface area contributed by atoms with Crippen molar-refractivity contribution in [2.45, 2.75) is 33.2 Å². The van der Waals surface area contributed by atoms with Crippen LogP contribution in [0, 0.1) is 11.3 Å². The number of nitrogens with zero attached hydrogens (tertiary/aromatic N) is 1. The van der Waals surface area contributed by atoms with Crippen LogP contribution in [0.3, 0.4) is 0 Å². The lowest BCUT2D eigenvalue weighted by atomic mass is 9.82. The van der Waals surface area contributed by atoms with E-state index in [-0.39, 0.29) is 24.0 Å². The van der Waals surface area contributed by atoms with Crippen LogP contribution < -0.4 is 5.32 Å². The molecular weight excluding hydrogens is 280 g/mol. The maximum absolute atomic E-state index is 12.5. The number of rotatable bonds is 3. The Morgan fingerprint density at radius 3 is 2.41 bits per heavy atom. The average Bonchev–Trinajstić information content (AvgIpc) is 2.94. The molecule has 5 heteroatoms. The van der Waals surface area contributed by atoms with Crippen LogP contribution in [0.2, 0.25) is 0 Å². The normalized spacial score (nSPS) is 19.8. The van der Waals surface area contributed by atoms with Gasteiger partial charge in [-0.05, 0) is 17.4 Å². The zero-order valence-corrected chi connectivity index (χ0v) is 13.4. The van der Waals surface area contributed by atoms with Gasteiger partial charge >= 0.3 is 12.0 Å². The van der Waals surface area contributed by atoms with Crippen LogP contribution in [-0.4, -0.2) is 35.1 Å². The lowest BCUT2D eigenvalue weighted by Gasteiger charge is -2.33. The number of hydrogen-bond acceptors (Lipinski definition) is 2. The van der Waals surface area contributed by atoms with Gasteiger partial charge < -0.3 is 15.3 Å². The zero-order valence-electron chi connectivity index (χ0n) is 13.4. The number of carboxylic acid groups (broad SMARTS) is 1. The van der Waals surface area contributed by atoms with Crippen molar-refractivity contribution in [1.82, 2.24) is 10.2 Å². The highest BCUT2D eigenvalue weighted by molar-refractivity contribution is 5.77. The molecule has 1 saturated heterocycles. The summed E-state index contributed by atoms with van der Waals surface area (Å²) in [4.78, 5) is 25.1. The molecule has 1 aliphatic heterocycles. The van der Waals surface area contributed by atoms with Gasteiger partial charge in [-0.1, -0.05) is 51.1 Å². The quantitative estimate of drug-likeness (QED) is 0.902. The van der Waals surface area contributed by atoms with Gasteiger partial charge in [0, 0.05) is 13.1 Å². The Morgan fingerprint density at radius 1 is 1.27 bits per heavy atom. The molecule has 0 saturated carbocycles. The van der Waals surface area contributed by atoms with Crippen LogP contribution in [0.25, 0.3) is 0 Å². The Balaban J connectivity index is 2.09. The number of nitrogens with one attached hydrogen (secondary N) is 1. The third kappa shape index (κ3) is 3.78. The van der Waals surface area contributed by atoms with Gasteiger partial charge in [-0.15, -0.1) is 0 Å². The third-order valence-corrected chi connectivity index (χ3v) is 4.09. The second-order valence-electron chi connectivity index (χ2n) is 6.93. The minimum atomic E-state index is -0.828. The van der Waals surface area contributed by atoms with E-state index >= 15 is 0 Å². The number of aliphatic carboxylic acids is 1. The van der Waals surface area contributed by atoms with Crippen molar-refractivity contribution in [3.05, 3.63) is 35.9 Å². The van der Waals surface area contributed by atoms with Gasteiger partial charge in [-0.3, -0.25) is 4.79 Å². The average molecular weight is 304 g/mol. The third-order valence-electron chi connectivity index (χ3n) is 4.09. The molecule has 0 bridgehead atoms. The SMILES string of the molecule is CC(C)(C)C(NC(=O)N1CCC(C(=O)O)C1)c1ccccc1. The van der Waals surface area contributed by atoms with E-state index in [1.54, 1.807) is 4.90 Å². The first-order valence-corrected chi connectivity index (χ1v) is 7.62. The summed E-state index contributed by atoms with van der Waals surface area (Å²) in [6.07, 6.45) is 0.522.